The van der Waals surface area contributed by atoms with Gasteiger partial charge in [0, 0.05) is 28.8 Å². The van der Waals surface area contributed by atoms with E-state index in [2.05, 4.69) is 101 Å². The summed E-state index contributed by atoms with van der Waals surface area (Å²) in [7, 11) is 0. The van der Waals surface area contributed by atoms with Crippen LogP contribution in [0, 0.1) is 12.7 Å². The summed E-state index contributed by atoms with van der Waals surface area (Å²) in [5, 5.41) is 0. The van der Waals surface area contributed by atoms with Gasteiger partial charge in [-0.05, 0) is 72.9 Å². The standard InChI is InChI=1S/C36H31FN2/c1-24-8-7-21-39-35(24)32-12-6-5-11-31(32)33-19-15-27-9-3-4-10-30(27)34-20-16-28(26-13-17-29(37)18-14-26)23-38(34)22-25(2)36(33)39/h3-14,16-18,20-21,23,33,36H,2,15,19,22H2,1H3/q+2. The van der Waals surface area contributed by atoms with Gasteiger partial charge < -0.3 is 0 Å². The van der Waals surface area contributed by atoms with Crippen LogP contribution >= 0.6 is 0 Å². The highest BCUT2D eigenvalue weighted by molar-refractivity contribution is 5.68. The molecule has 0 saturated heterocycles. The van der Waals surface area contributed by atoms with Gasteiger partial charge in [-0.3, -0.25) is 0 Å². The molecule has 3 aromatic carbocycles. The van der Waals surface area contributed by atoms with Crippen molar-refractivity contribution in [2.75, 3.05) is 0 Å². The Bertz CT molecular complexity index is 1730. The number of pyridine rings is 2. The van der Waals surface area contributed by atoms with Gasteiger partial charge in [-0.25, -0.2) is 4.39 Å². The summed E-state index contributed by atoms with van der Waals surface area (Å²) in [6.45, 7) is 7.66. The van der Waals surface area contributed by atoms with Gasteiger partial charge >= 0.3 is 0 Å². The molecule has 2 atom stereocenters. The van der Waals surface area contributed by atoms with Crippen molar-refractivity contribution in [1.29, 1.82) is 0 Å². The Morgan fingerprint density at radius 3 is 2.38 bits per heavy atom. The maximum atomic E-state index is 13.7. The fourth-order valence-corrected chi connectivity index (χ4v) is 6.76. The van der Waals surface area contributed by atoms with Crippen LogP contribution in [0.2, 0.25) is 0 Å². The summed E-state index contributed by atoms with van der Waals surface area (Å²) < 4.78 is 18.5. The summed E-state index contributed by atoms with van der Waals surface area (Å²) in [6.07, 6.45) is 6.48. The second-order valence-corrected chi connectivity index (χ2v) is 10.9. The third-order valence-corrected chi connectivity index (χ3v) is 8.53. The quantitative estimate of drug-likeness (QED) is 0.162. The minimum Gasteiger partial charge on any atom is -0.207 e. The molecule has 2 nitrogen and oxygen atoms in total. The van der Waals surface area contributed by atoms with E-state index in [0.29, 0.717) is 12.5 Å². The summed E-state index contributed by atoms with van der Waals surface area (Å²) in [5.41, 5.74) is 12.4. The lowest BCUT2D eigenvalue weighted by Crippen LogP contribution is -2.51. The molecule has 39 heavy (non-hydrogen) atoms. The highest BCUT2D eigenvalue weighted by atomic mass is 19.1. The average Bonchev–Trinajstić information content (AvgIpc) is 2.96. The van der Waals surface area contributed by atoms with E-state index < -0.39 is 0 Å². The van der Waals surface area contributed by atoms with Gasteiger partial charge in [0.15, 0.2) is 25.0 Å². The van der Waals surface area contributed by atoms with Gasteiger partial charge in [-0.15, -0.1) is 0 Å². The Morgan fingerprint density at radius 2 is 1.54 bits per heavy atom. The predicted octanol–water partition coefficient (Wildman–Crippen LogP) is 7.55. The summed E-state index contributed by atoms with van der Waals surface area (Å²) >= 11 is 0. The normalized spacial score (nSPS) is 17.7. The molecule has 0 aliphatic carbocycles. The van der Waals surface area contributed by atoms with Crippen molar-refractivity contribution in [2.45, 2.75) is 38.3 Å². The maximum Gasteiger partial charge on any atom is 0.216 e. The zero-order valence-corrected chi connectivity index (χ0v) is 22.1. The van der Waals surface area contributed by atoms with E-state index in [0.717, 1.165) is 24.0 Å². The number of hydrogen-bond acceptors (Lipinski definition) is 0. The minimum atomic E-state index is -0.220. The number of allylic oxidation sites excluding steroid dienone is 1. The van der Waals surface area contributed by atoms with Crippen LogP contribution in [0.1, 0.15) is 35.1 Å². The fraction of sp³-hybridized carbons (Fsp3) is 0.167. The van der Waals surface area contributed by atoms with Crippen LogP contribution in [-0.2, 0) is 13.0 Å². The first-order valence-corrected chi connectivity index (χ1v) is 13.7. The van der Waals surface area contributed by atoms with Gasteiger partial charge in [0.25, 0.3) is 0 Å². The molecule has 0 N–H and O–H groups in total. The van der Waals surface area contributed by atoms with Crippen molar-refractivity contribution in [2.24, 2.45) is 0 Å². The molecule has 3 heteroatoms. The molecule has 2 unspecified atom stereocenters. The molecule has 0 fully saturated rings. The van der Waals surface area contributed by atoms with Crippen molar-refractivity contribution < 1.29 is 13.5 Å². The molecule has 190 valence electrons. The van der Waals surface area contributed by atoms with E-state index >= 15 is 0 Å². The Labute approximate surface area is 229 Å². The Morgan fingerprint density at radius 1 is 0.795 bits per heavy atom. The second kappa shape index (κ2) is 9.43. The highest BCUT2D eigenvalue weighted by Crippen LogP contribution is 2.44. The maximum absolute atomic E-state index is 13.7. The van der Waals surface area contributed by atoms with Gasteiger partial charge in [-0.2, -0.15) is 9.13 Å². The lowest BCUT2D eigenvalue weighted by Gasteiger charge is -2.32. The molecule has 0 amide bonds. The van der Waals surface area contributed by atoms with E-state index in [4.69, 9.17) is 6.58 Å². The van der Waals surface area contributed by atoms with Crippen LogP contribution in [0.25, 0.3) is 33.6 Å². The van der Waals surface area contributed by atoms with E-state index in [9.17, 15) is 4.39 Å². The number of halogens is 1. The number of aryl methyl sites for hydroxylation is 2. The van der Waals surface area contributed by atoms with Crippen molar-refractivity contribution in [3.8, 4) is 33.6 Å². The number of hydrogen-bond donors (Lipinski definition) is 0. The van der Waals surface area contributed by atoms with Gasteiger partial charge in [0.1, 0.15) is 5.82 Å². The Hall–Kier alpha value is -4.37. The predicted molar refractivity (Wildman–Crippen MR) is 154 cm³/mol. The van der Waals surface area contributed by atoms with Crippen LogP contribution < -0.4 is 9.13 Å². The van der Waals surface area contributed by atoms with Crippen molar-refractivity contribution in [1.82, 2.24) is 0 Å². The Kier molecular flexibility index (Phi) is 5.73. The number of nitrogens with zero attached hydrogens (tertiary/aromatic N) is 2. The third kappa shape index (κ3) is 4.01. The molecule has 0 radical (unpaired) electrons. The molecule has 2 aliphatic heterocycles. The van der Waals surface area contributed by atoms with Crippen LogP contribution in [0.15, 0.2) is 122 Å². The third-order valence-electron chi connectivity index (χ3n) is 8.53. The zero-order valence-electron chi connectivity index (χ0n) is 22.1. The van der Waals surface area contributed by atoms with Crippen molar-refractivity contribution in [3.63, 3.8) is 0 Å². The zero-order chi connectivity index (χ0) is 26.5. The molecule has 4 heterocycles. The lowest BCUT2D eigenvalue weighted by molar-refractivity contribution is -0.723. The number of aromatic nitrogens is 2. The van der Waals surface area contributed by atoms with Gasteiger partial charge in [0.2, 0.25) is 11.4 Å². The topological polar surface area (TPSA) is 7.76 Å². The number of fused-ring (bicyclic) bond motifs is 9. The van der Waals surface area contributed by atoms with Crippen LogP contribution in [-0.4, -0.2) is 0 Å². The smallest absolute Gasteiger partial charge is 0.207 e. The first kappa shape index (κ1) is 23.7. The highest BCUT2D eigenvalue weighted by Gasteiger charge is 2.43. The largest absolute Gasteiger partial charge is 0.216 e. The van der Waals surface area contributed by atoms with Gasteiger partial charge in [-0.1, -0.05) is 55.1 Å². The molecule has 5 aromatic rings. The van der Waals surface area contributed by atoms with Gasteiger partial charge in [0.05, 0.1) is 17.1 Å². The molecule has 2 aliphatic rings. The SMILES string of the molecule is C=C1C[n+]2cc(-c3ccc(F)cc3)ccc2-c2ccccc2CCC2c3ccccc3-c3c(C)ccc[n+]3C12. The minimum absolute atomic E-state index is 0.148. The molecule has 7 rings (SSSR count). The molecule has 0 bridgehead atoms. The van der Waals surface area contributed by atoms with Crippen LogP contribution in [0.3, 0.4) is 0 Å². The second-order valence-electron chi connectivity index (χ2n) is 10.9. The number of rotatable bonds is 1. The van der Waals surface area contributed by atoms with E-state index in [1.165, 1.54) is 56.9 Å². The first-order chi connectivity index (χ1) is 19.1. The average molecular weight is 511 g/mol. The molecule has 0 spiro atoms. The lowest BCUT2D eigenvalue weighted by atomic mass is 9.76. The molecule has 2 aromatic heterocycles. The van der Waals surface area contributed by atoms with Crippen LogP contribution in [0.4, 0.5) is 4.39 Å². The fourth-order valence-electron chi connectivity index (χ4n) is 6.76. The first-order valence-electron chi connectivity index (χ1n) is 13.7. The molecule has 0 saturated carbocycles. The van der Waals surface area contributed by atoms with Crippen LogP contribution in [0.5, 0.6) is 0 Å². The monoisotopic (exact) mass is 510 g/mol. The molecular formula is C36H31FN2+2. The van der Waals surface area contributed by atoms with E-state index in [1.807, 2.05) is 12.1 Å². The number of benzene rings is 3. The summed E-state index contributed by atoms with van der Waals surface area (Å²) in [4.78, 5) is 0. The van der Waals surface area contributed by atoms with E-state index in [1.54, 1.807) is 0 Å². The summed E-state index contributed by atoms with van der Waals surface area (Å²) in [6, 6.07) is 33.4. The Balaban J connectivity index is 1.42. The summed E-state index contributed by atoms with van der Waals surface area (Å²) in [5.74, 6) is 0.103. The van der Waals surface area contributed by atoms with E-state index in [-0.39, 0.29) is 11.9 Å². The van der Waals surface area contributed by atoms with Crippen molar-refractivity contribution >= 4 is 0 Å². The molecular weight excluding hydrogens is 479 g/mol. The van der Waals surface area contributed by atoms with Crippen molar-refractivity contribution in [3.05, 3.63) is 144 Å².